The van der Waals surface area contributed by atoms with Crippen molar-refractivity contribution >= 4 is 11.6 Å². The van der Waals surface area contributed by atoms with Crippen LogP contribution in [-0.2, 0) is 0 Å². The fourth-order valence-corrected chi connectivity index (χ4v) is 2.71. The molecule has 1 heterocycles. The summed E-state index contributed by atoms with van der Waals surface area (Å²) in [6.45, 7) is 1.87. The van der Waals surface area contributed by atoms with Gasteiger partial charge in [-0.1, -0.05) is 6.07 Å². The van der Waals surface area contributed by atoms with Gasteiger partial charge in [0.1, 0.15) is 5.92 Å². The van der Waals surface area contributed by atoms with E-state index in [0.717, 1.165) is 16.8 Å². The minimum Gasteiger partial charge on any atom is -0.324 e. The molecule has 6 heteroatoms. The standard InChI is InChI=1S/C21H14N6/c1-14-10-16(12-23)4-7-18(14)19(13-24)20-8-9-25-21(27-20)26-17-5-2-15(11-22)3-6-17/h2-10,19H,1H3,(H,25,26,27). The highest BCUT2D eigenvalue weighted by Crippen LogP contribution is 2.27. The van der Waals surface area contributed by atoms with E-state index < -0.39 is 5.92 Å². The molecule has 0 fully saturated rings. The average Bonchev–Trinajstić information content (AvgIpc) is 2.70. The summed E-state index contributed by atoms with van der Waals surface area (Å²) in [5, 5.41) is 30.6. The molecule has 128 valence electrons. The molecule has 0 spiro atoms. The summed E-state index contributed by atoms with van der Waals surface area (Å²) in [5.74, 6) is -0.203. The van der Waals surface area contributed by atoms with Crippen molar-refractivity contribution in [1.82, 2.24) is 9.97 Å². The molecule has 6 nitrogen and oxygen atoms in total. The minimum absolute atomic E-state index is 0.365. The van der Waals surface area contributed by atoms with Crippen molar-refractivity contribution in [3.8, 4) is 18.2 Å². The Bertz CT molecular complexity index is 1100. The summed E-state index contributed by atoms with van der Waals surface area (Å²) < 4.78 is 0. The molecule has 1 aromatic heterocycles. The Morgan fingerprint density at radius 3 is 2.26 bits per heavy atom. The molecule has 0 aliphatic carbocycles. The van der Waals surface area contributed by atoms with Crippen molar-refractivity contribution in [3.63, 3.8) is 0 Å². The van der Waals surface area contributed by atoms with Gasteiger partial charge in [0, 0.05) is 11.9 Å². The smallest absolute Gasteiger partial charge is 0.227 e. The maximum Gasteiger partial charge on any atom is 0.227 e. The molecule has 0 aliphatic rings. The van der Waals surface area contributed by atoms with E-state index in [2.05, 4.69) is 33.5 Å². The van der Waals surface area contributed by atoms with Crippen LogP contribution in [0.3, 0.4) is 0 Å². The van der Waals surface area contributed by atoms with Crippen LogP contribution in [0.2, 0.25) is 0 Å². The average molecular weight is 350 g/mol. The van der Waals surface area contributed by atoms with Crippen LogP contribution >= 0.6 is 0 Å². The molecule has 0 radical (unpaired) electrons. The first-order chi connectivity index (χ1) is 13.1. The maximum atomic E-state index is 9.70. The lowest BCUT2D eigenvalue weighted by atomic mass is 9.92. The first-order valence-corrected chi connectivity index (χ1v) is 8.15. The Hall–Kier alpha value is -4.21. The van der Waals surface area contributed by atoms with E-state index in [1.807, 2.05) is 6.92 Å². The Balaban J connectivity index is 1.90. The van der Waals surface area contributed by atoms with Gasteiger partial charge >= 0.3 is 0 Å². The highest BCUT2D eigenvalue weighted by atomic mass is 15.1. The van der Waals surface area contributed by atoms with Crippen molar-refractivity contribution in [2.24, 2.45) is 0 Å². The normalized spacial score (nSPS) is 10.9. The van der Waals surface area contributed by atoms with Crippen LogP contribution in [0.15, 0.2) is 54.7 Å². The van der Waals surface area contributed by atoms with Crippen LogP contribution in [0, 0.1) is 40.9 Å². The summed E-state index contributed by atoms with van der Waals surface area (Å²) in [7, 11) is 0. The Morgan fingerprint density at radius 1 is 0.926 bits per heavy atom. The number of benzene rings is 2. The fraction of sp³-hybridized carbons (Fsp3) is 0.0952. The number of rotatable bonds is 4. The highest BCUT2D eigenvalue weighted by Gasteiger charge is 2.18. The molecular weight excluding hydrogens is 336 g/mol. The number of anilines is 2. The SMILES string of the molecule is Cc1cc(C#N)ccc1C(C#N)c1ccnc(Nc2ccc(C#N)cc2)n1. The van der Waals surface area contributed by atoms with Crippen molar-refractivity contribution < 1.29 is 0 Å². The second-order valence-corrected chi connectivity index (χ2v) is 5.86. The van der Waals surface area contributed by atoms with Crippen molar-refractivity contribution in [1.29, 1.82) is 15.8 Å². The third-order valence-electron chi connectivity index (χ3n) is 4.08. The van der Waals surface area contributed by atoms with Gasteiger partial charge in [-0.25, -0.2) is 9.97 Å². The molecule has 2 aromatic carbocycles. The Labute approximate surface area is 157 Å². The van der Waals surface area contributed by atoms with Crippen LogP contribution in [0.25, 0.3) is 0 Å². The molecule has 0 saturated heterocycles. The second kappa shape index (κ2) is 7.78. The van der Waals surface area contributed by atoms with Crippen LogP contribution in [0.1, 0.15) is 33.9 Å². The van der Waals surface area contributed by atoms with Crippen molar-refractivity contribution in [2.45, 2.75) is 12.8 Å². The zero-order valence-electron chi connectivity index (χ0n) is 14.5. The maximum absolute atomic E-state index is 9.70. The van der Waals surface area contributed by atoms with Crippen molar-refractivity contribution in [2.75, 3.05) is 5.32 Å². The van der Waals surface area contributed by atoms with Gasteiger partial charge in [0.15, 0.2) is 0 Å². The van der Waals surface area contributed by atoms with Gasteiger partial charge < -0.3 is 5.32 Å². The van der Waals surface area contributed by atoms with Crippen LogP contribution < -0.4 is 5.32 Å². The van der Waals surface area contributed by atoms with E-state index in [1.54, 1.807) is 54.7 Å². The second-order valence-electron chi connectivity index (χ2n) is 5.86. The number of hydrogen-bond acceptors (Lipinski definition) is 6. The third kappa shape index (κ3) is 3.90. The number of nitrogens with zero attached hydrogens (tertiary/aromatic N) is 5. The van der Waals surface area contributed by atoms with E-state index in [0.29, 0.717) is 22.8 Å². The number of nitrogens with one attached hydrogen (secondary N) is 1. The molecule has 1 unspecified atom stereocenters. The lowest BCUT2D eigenvalue weighted by Gasteiger charge is -2.13. The number of nitriles is 3. The third-order valence-corrected chi connectivity index (χ3v) is 4.08. The largest absolute Gasteiger partial charge is 0.324 e. The molecule has 3 rings (SSSR count). The van der Waals surface area contributed by atoms with Crippen LogP contribution in [-0.4, -0.2) is 9.97 Å². The zero-order valence-corrected chi connectivity index (χ0v) is 14.5. The van der Waals surface area contributed by atoms with Gasteiger partial charge in [0.05, 0.1) is 35.0 Å². The summed E-state index contributed by atoms with van der Waals surface area (Å²) in [6, 6.07) is 20.3. The first kappa shape index (κ1) is 17.6. The summed E-state index contributed by atoms with van der Waals surface area (Å²) in [4.78, 5) is 8.66. The summed E-state index contributed by atoms with van der Waals surface area (Å²) >= 11 is 0. The molecule has 0 saturated carbocycles. The molecule has 0 bridgehead atoms. The number of aryl methyl sites for hydroxylation is 1. The summed E-state index contributed by atoms with van der Waals surface area (Å²) in [5.41, 5.74) is 4.10. The van der Waals surface area contributed by atoms with E-state index in [4.69, 9.17) is 10.5 Å². The lowest BCUT2D eigenvalue weighted by molar-refractivity contribution is 0.938. The number of aromatic nitrogens is 2. The van der Waals surface area contributed by atoms with Gasteiger partial charge in [-0.3, -0.25) is 0 Å². The molecule has 1 N–H and O–H groups in total. The van der Waals surface area contributed by atoms with Gasteiger partial charge in [-0.05, 0) is 60.5 Å². The molecule has 0 aliphatic heterocycles. The fourth-order valence-electron chi connectivity index (χ4n) is 2.71. The zero-order chi connectivity index (χ0) is 19.2. The lowest BCUT2D eigenvalue weighted by Crippen LogP contribution is -2.06. The quantitative estimate of drug-likeness (QED) is 0.763. The van der Waals surface area contributed by atoms with E-state index >= 15 is 0 Å². The van der Waals surface area contributed by atoms with Crippen LogP contribution in [0.5, 0.6) is 0 Å². The molecule has 3 aromatic rings. The number of hydrogen-bond donors (Lipinski definition) is 1. The molecule has 1 atom stereocenters. The van der Waals surface area contributed by atoms with Gasteiger partial charge in [-0.2, -0.15) is 15.8 Å². The predicted octanol–water partition coefficient (Wildman–Crippen LogP) is 3.93. The van der Waals surface area contributed by atoms with E-state index in [1.165, 1.54) is 0 Å². The Kier molecular flexibility index (Phi) is 5.07. The van der Waals surface area contributed by atoms with E-state index in [-0.39, 0.29) is 0 Å². The highest BCUT2D eigenvalue weighted by molar-refractivity contribution is 5.55. The first-order valence-electron chi connectivity index (χ1n) is 8.15. The van der Waals surface area contributed by atoms with Crippen molar-refractivity contribution in [3.05, 3.63) is 82.7 Å². The Morgan fingerprint density at radius 2 is 1.63 bits per heavy atom. The predicted molar refractivity (Wildman–Crippen MR) is 99.8 cm³/mol. The monoisotopic (exact) mass is 350 g/mol. The van der Waals surface area contributed by atoms with Gasteiger partial charge in [-0.15, -0.1) is 0 Å². The molecule has 27 heavy (non-hydrogen) atoms. The van der Waals surface area contributed by atoms with Gasteiger partial charge in [0.2, 0.25) is 5.95 Å². The molecular formula is C21H14N6. The van der Waals surface area contributed by atoms with Gasteiger partial charge in [0.25, 0.3) is 0 Å². The van der Waals surface area contributed by atoms with E-state index in [9.17, 15) is 5.26 Å². The van der Waals surface area contributed by atoms with Crippen LogP contribution in [0.4, 0.5) is 11.6 Å². The topological polar surface area (TPSA) is 109 Å². The molecule has 0 amide bonds. The minimum atomic E-state index is -0.567. The summed E-state index contributed by atoms with van der Waals surface area (Å²) in [6.07, 6.45) is 1.59.